The summed E-state index contributed by atoms with van der Waals surface area (Å²) in [6.45, 7) is 6.27. The molecule has 70 valence electrons. The maximum atomic E-state index is 9.91. The van der Waals surface area contributed by atoms with Crippen molar-refractivity contribution in [2.75, 3.05) is 6.54 Å². The van der Waals surface area contributed by atoms with Crippen LogP contribution >= 0.6 is 0 Å². The molecule has 0 bridgehead atoms. The number of hydrogen-bond acceptors (Lipinski definition) is 2. The van der Waals surface area contributed by atoms with E-state index in [9.17, 15) is 4.79 Å². The van der Waals surface area contributed by atoms with E-state index >= 15 is 0 Å². The van der Waals surface area contributed by atoms with E-state index < -0.39 is 0 Å². The Labute approximate surface area is 78.7 Å². The molecule has 0 aliphatic carbocycles. The first-order valence-electron chi connectivity index (χ1n) is 4.20. The van der Waals surface area contributed by atoms with Crippen molar-refractivity contribution >= 4 is 6.41 Å². The highest BCUT2D eigenvalue weighted by molar-refractivity contribution is 5.45. The number of allylic oxidation sites excluding steroid dienone is 2. The van der Waals surface area contributed by atoms with E-state index in [1.165, 1.54) is 0 Å². The summed E-state index contributed by atoms with van der Waals surface area (Å²) in [4.78, 5) is 9.91. The summed E-state index contributed by atoms with van der Waals surface area (Å²) >= 11 is 0. The van der Waals surface area contributed by atoms with E-state index in [0.29, 0.717) is 19.4 Å². The molecule has 0 fully saturated rings. The molecule has 0 atom stereocenters. The van der Waals surface area contributed by atoms with Gasteiger partial charge in [0, 0.05) is 12.1 Å². The van der Waals surface area contributed by atoms with Crippen LogP contribution in [-0.4, -0.2) is 13.0 Å². The van der Waals surface area contributed by atoms with Crippen LogP contribution in [0.3, 0.4) is 0 Å². The van der Waals surface area contributed by atoms with Gasteiger partial charge in [0.25, 0.3) is 0 Å². The number of nitriles is 1. The molecule has 0 aliphatic heterocycles. The van der Waals surface area contributed by atoms with Crippen molar-refractivity contribution in [1.82, 2.24) is 5.32 Å². The predicted molar refractivity (Wildman–Crippen MR) is 51.8 cm³/mol. The van der Waals surface area contributed by atoms with Crippen molar-refractivity contribution in [2.45, 2.75) is 19.8 Å². The zero-order valence-electron chi connectivity index (χ0n) is 7.84. The van der Waals surface area contributed by atoms with E-state index in [0.717, 1.165) is 17.6 Å². The van der Waals surface area contributed by atoms with E-state index in [2.05, 4.69) is 18.0 Å². The average molecular weight is 178 g/mol. The van der Waals surface area contributed by atoms with E-state index in [1.807, 2.05) is 6.92 Å². The van der Waals surface area contributed by atoms with Crippen LogP contribution < -0.4 is 5.32 Å². The Hall–Kier alpha value is -1.56. The van der Waals surface area contributed by atoms with Crippen LogP contribution in [0.2, 0.25) is 0 Å². The summed E-state index contributed by atoms with van der Waals surface area (Å²) in [6, 6.07) is 2.08. The molecule has 0 unspecified atom stereocenters. The van der Waals surface area contributed by atoms with Crippen molar-refractivity contribution in [3.8, 4) is 6.07 Å². The standard InChI is InChI=1S/C10H14N2O/c1-3-10(7-11)6-9(2)4-5-12-8-13/h6,8H,2-5H2,1H3,(H,12,13)/b10-6+. The van der Waals surface area contributed by atoms with E-state index in [1.54, 1.807) is 6.08 Å². The number of rotatable bonds is 6. The minimum atomic E-state index is 0.571. The van der Waals surface area contributed by atoms with Crippen molar-refractivity contribution in [2.24, 2.45) is 0 Å². The van der Waals surface area contributed by atoms with Gasteiger partial charge in [-0.25, -0.2) is 0 Å². The number of carbonyl (C=O) groups is 1. The molecular formula is C10H14N2O. The third-order valence-electron chi connectivity index (χ3n) is 1.58. The van der Waals surface area contributed by atoms with Gasteiger partial charge in [-0.15, -0.1) is 0 Å². The van der Waals surface area contributed by atoms with Gasteiger partial charge in [-0.2, -0.15) is 5.26 Å². The van der Waals surface area contributed by atoms with Crippen LogP contribution in [0, 0.1) is 11.3 Å². The maximum absolute atomic E-state index is 9.91. The topological polar surface area (TPSA) is 52.9 Å². The van der Waals surface area contributed by atoms with Gasteiger partial charge in [-0.1, -0.05) is 19.1 Å². The van der Waals surface area contributed by atoms with Gasteiger partial charge in [-0.3, -0.25) is 4.79 Å². The monoisotopic (exact) mass is 178 g/mol. The second kappa shape index (κ2) is 7.11. The van der Waals surface area contributed by atoms with Crippen molar-refractivity contribution in [3.05, 3.63) is 23.8 Å². The zero-order valence-corrected chi connectivity index (χ0v) is 7.84. The molecule has 0 rings (SSSR count). The van der Waals surface area contributed by atoms with Crippen LogP contribution in [0.5, 0.6) is 0 Å². The molecule has 0 saturated carbocycles. The Balaban J connectivity index is 3.92. The molecule has 0 heterocycles. The lowest BCUT2D eigenvalue weighted by atomic mass is 10.1. The SMILES string of the molecule is C=C(/C=C(/C#N)CC)CCNC=O. The van der Waals surface area contributed by atoms with Gasteiger partial charge in [-0.05, 0) is 18.9 Å². The number of nitrogens with one attached hydrogen (secondary N) is 1. The Morgan fingerprint density at radius 2 is 2.38 bits per heavy atom. The molecule has 13 heavy (non-hydrogen) atoms. The van der Waals surface area contributed by atoms with Crippen molar-refractivity contribution in [3.63, 3.8) is 0 Å². The fraction of sp³-hybridized carbons (Fsp3) is 0.400. The predicted octanol–water partition coefficient (Wildman–Crippen LogP) is 1.54. The van der Waals surface area contributed by atoms with Crippen molar-refractivity contribution in [1.29, 1.82) is 5.26 Å². The summed E-state index contributed by atoms with van der Waals surface area (Å²) < 4.78 is 0. The number of nitrogens with zero attached hydrogens (tertiary/aromatic N) is 1. The molecule has 3 nitrogen and oxygen atoms in total. The summed E-state index contributed by atoms with van der Waals surface area (Å²) in [5.41, 5.74) is 1.59. The second-order valence-corrected chi connectivity index (χ2v) is 2.62. The molecule has 1 amide bonds. The Morgan fingerprint density at radius 3 is 2.85 bits per heavy atom. The molecule has 0 aromatic rings. The average Bonchev–Trinajstić information content (AvgIpc) is 2.14. The molecule has 0 saturated heterocycles. The molecule has 0 aromatic carbocycles. The lowest BCUT2D eigenvalue weighted by Gasteiger charge is -1.99. The van der Waals surface area contributed by atoms with Gasteiger partial charge in [0.15, 0.2) is 0 Å². The highest BCUT2D eigenvalue weighted by Crippen LogP contribution is 2.06. The summed E-state index contributed by atoms with van der Waals surface area (Å²) in [5, 5.41) is 11.2. The lowest BCUT2D eigenvalue weighted by Crippen LogP contribution is -2.12. The van der Waals surface area contributed by atoms with Gasteiger partial charge >= 0.3 is 0 Å². The first kappa shape index (κ1) is 11.4. The van der Waals surface area contributed by atoms with Crippen LogP contribution in [0.1, 0.15) is 19.8 Å². The Bertz CT molecular complexity index is 248. The molecule has 0 radical (unpaired) electrons. The second-order valence-electron chi connectivity index (χ2n) is 2.62. The smallest absolute Gasteiger partial charge is 0.207 e. The van der Waals surface area contributed by atoms with Crippen LogP contribution in [0.15, 0.2) is 23.8 Å². The third kappa shape index (κ3) is 5.68. The molecule has 1 N–H and O–H groups in total. The highest BCUT2D eigenvalue weighted by atomic mass is 16.1. The highest BCUT2D eigenvalue weighted by Gasteiger charge is 1.93. The summed E-state index contributed by atoms with van der Waals surface area (Å²) in [5.74, 6) is 0. The number of amides is 1. The molecular weight excluding hydrogens is 164 g/mol. The zero-order chi connectivity index (χ0) is 10.1. The fourth-order valence-electron chi connectivity index (χ4n) is 0.824. The van der Waals surface area contributed by atoms with Crippen LogP contribution in [-0.2, 0) is 4.79 Å². The normalized spacial score (nSPS) is 10.3. The first-order valence-corrected chi connectivity index (χ1v) is 4.20. The quantitative estimate of drug-likeness (QED) is 0.290. The van der Waals surface area contributed by atoms with Crippen molar-refractivity contribution < 1.29 is 4.79 Å². The lowest BCUT2D eigenvalue weighted by molar-refractivity contribution is -0.109. The Morgan fingerprint density at radius 1 is 1.69 bits per heavy atom. The first-order chi connectivity index (χ1) is 6.24. The summed E-state index contributed by atoms with van der Waals surface area (Å²) in [6.07, 6.45) is 3.83. The van der Waals surface area contributed by atoms with Crippen LogP contribution in [0.25, 0.3) is 0 Å². The molecule has 3 heteroatoms. The minimum Gasteiger partial charge on any atom is -0.358 e. The summed E-state index contributed by atoms with van der Waals surface area (Å²) in [7, 11) is 0. The van der Waals surface area contributed by atoms with Gasteiger partial charge in [0.2, 0.25) is 6.41 Å². The minimum absolute atomic E-state index is 0.571. The number of hydrogen-bond donors (Lipinski definition) is 1. The maximum Gasteiger partial charge on any atom is 0.207 e. The molecule has 0 spiro atoms. The number of carbonyl (C=O) groups excluding carboxylic acids is 1. The fourth-order valence-corrected chi connectivity index (χ4v) is 0.824. The largest absolute Gasteiger partial charge is 0.358 e. The van der Waals surface area contributed by atoms with Gasteiger partial charge in [0.1, 0.15) is 0 Å². The van der Waals surface area contributed by atoms with Gasteiger partial charge in [0.05, 0.1) is 6.07 Å². The molecule has 0 aromatic heterocycles. The van der Waals surface area contributed by atoms with E-state index in [-0.39, 0.29) is 0 Å². The van der Waals surface area contributed by atoms with Gasteiger partial charge < -0.3 is 5.32 Å². The van der Waals surface area contributed by atoms with Crippen LogP contribution in [0.4, 0.5) is 0 Å². The Kier molecular flexibility index (Phi) is 6.26. The molecule has 0 aliphatic rings. The van der Waals surface area contributed by atoms with E-state index in [4.69, 9.17) is 5.26 Å². The third-order valence-corrected chi connectivity index (χ3v) is 1.58.